The van der Waals surface area contributed by atoms with Crippen LogP contribution in [0.15, 0.2) is 0 Å². The summed E-state index contributed by atoms with van der Waals surface area (Å²) in [6, 6.07) is 0. The minimum absolute atomic E-state index is 0.0107. The molecule has 25 heavy (non-hydrogen) atoms. The summed E-state index contributed by atoms with van der Waals surface area (Å²) in [6.07, 6.45) is -9.51. The first-order chi connectivity index (χ1) is 11.2. The minimum atomic E-state index is -6.62. The van der Waals surface area contributed by atoms with Gasteiger partial charge in [-0.05, 0) is 7.05 Å². The zero-order valence-corrected chi connectivity index (χ0v) is 13.4. The second kappa shape index (κ2) is 7.87. The van der Waals surface area contributed by atoms with Crippen molar-refractivity contribution in [1.82, 2.24) is 9.80 Å². The van der Waals surface area contributed by atoms with Crippen molar-refractivity contribution < 1.29 is 44.3 Å². The zero-order valence-electron chi connectivity index (χ0n) is 13.4. The number of alkyl halides is 9. The van der Waals surface area contributed by atoms with Gasteiger partial charge in [0.1, 0.15) is 0 Å². The lowest BCUT2D eigenvalue weighted by molar-refractivity contribution is -0.363. The van der Waals surface area contributed by atoms with Gasteiger partial charge in [-0.15, -0.1) is 0 Å². The number of hydrogen-bond acceptors (Lipinski definition) is 3. The lowest BCUT2D eigenvalue weighted by atomic mass is 10.0. The van der Waals surface area contributed by atoms with E-state index in [0.29, 0.717) is 32.8 Å². The molecule has 0 aromatic heterocycles. The topological polar surface area (TPSA) is 15.7 Å². The number of morpholine rings is 1. The maximum Gasteiger partial charge on any atom is 0.459 e. The van der Waals surface area contributed by atoms with Gasteiger partial charge in [0.2, 0.25) is 0 Å². The van der Waals surface area contributed by atoms with E-state index in [1.807, 2.05) is 4.90 Å². The summed E-state index contributed by atoms with van der Waals surface area (Å²) in [5.41, 5.74) is 0. The molecule has 0 aromatic rings. The second-order valence-corrected chi connectivity index (χ2v) is 6.00. The number of rotatable bonds is 8. The van der Waals surface area contributed by atoms with Crippen molar-refractivity contribution in [2.75, 3.05) is 53.0 Å². The Bertz CT molecular complexity index is 422. The molecule has 150 valence electrons. The van der Waals surface area contributed by atoms with Crippen LogP contribution in [-0.2, 0) is 4.74 Å². The van der Waals surface area contributed by atoms with Crippen molar-refractivity contribution in [2.45, 2.75) is 30.4 Å². The van der Waals surface area contributed by atoms with E-state index in [9.17, 15) is 39.5 Å². The summed E-state index contributed by atoms with van der Waals surface area (Å²) < 4.78 is 120. The average Bonchev–Trinajstić information content (AvgIpc) is 2.43. The molecule has 1 aliphatic heterocycles. The summed E-state index contributed by atoms with van der Waals surface area (Å²) >= 11 is 0. The molecule has 0 unspecified atom stereocenters. The first-order valence-electron chi connectivity index (χ1n) is 7.37. The molecule has 1 fully saturated rings. The summed E-state index contributed by atoms with van der Waals surface area (Å²) in [7, 11) is 1.15. The highest BCUT2D eigenvalue weighted by Crippen LogP contribution is 2.50. The highest BCUT2D eigenvalue weighted by molar-refractivity contribution is 4.94. The smallest absolute Gasteiger partial charge is 0.379 e. The third-order valence-electron chi connectivity index (χ3n) is 3.70. The Morgan fingerprint density at radius 1 is 0.920 bits per heavy atom. The van der Waals surface area contributed by atoms with Crippen molar-refractivity contribution in [1.29, 1.82) is 0 Å². The summed E-state index contributed by atoms with van der Waals surface area (Å²) in [5, 5.41) is 0. The van der Waals surface area contributed by atoms with Gasteiger partial charge in [-0.25, -0.2) is 8.78 Å². The first-order valence-corrected chi connectivity index (χ1v) is 7.37. The highest BCUT2D eigenvalue weighted by atomic mass is 19.4. The van der Waals surface area contributed by atoms with Crippen LogP contribution in [0.5, 0.6) is 0 Å². The fourth-order valence-electron chi connectivity index (χ4n) is 2.31. The van der Waals surface area contributed by atoms with E-state index in [-0.39, 0.29) is 6.54 Å². The van der Waals surface area contributed by atoms with E-state index in [4.69, 9.17) is 4.74 Å². The van der Waals surface area contributed by atoms with Gasteiger partial charge in [-0.2, -0.15) is 30.7 Å². The SMILES string of the molecule is CN(CCN1CCOCC1)CC(F)(F)CC(F)(F)C(F)(F)C(F)(F)F. The van der Waals surface area contributed by atoms with Crippen LogP contribution in [0.25, 0.3) is 0 Å². The molecular formula is C13H19F9N2O. The normalized spacial score (nSPS) is 18.8. The quantitative estimate of drug-likeness (QED) is 0.593. The largest absolute Gasteiger partial charge is 0.459 e. The van der Waals surface area contributed by atoms with Gasteiger partial charge in [0, 0.05) is 26.2 Å². The maximum absolute atomic E-state index is 13.6. The van der Waals surface area contributed by atoms with Crippen LogP contribution < -0.4 is 0 Å². The van der Waals surface area contributed by atoms with Crippen LogP contribution in [0.2, 0.25) is 0 Å². The Morgan fingerprint density at radius 2 is 1.44 bits per heavy atom. The van der Waals surface area contributed by atoms with Crippen LogP contribution in [0.1, 0.15) is 6.42 Å². The Morgan fingerprint density at radius 3 is 1.92 bits per heavy atom. The second-order valence-electron chi connectivity index (χ2n) is 6.00. The van der Waals surface area contributed by atoms with E-state index in [0.717, 1.165) is 11.9 Å². The third-order valence-corrected chi connectivity index (χ3v) is 3.70. The van der Waals surface area contributed by atoms with Crippen molar-refractivity contribution >= 4 is 0 Å². The average molecular weight is 390 g/mol. The van der Waals surface area contributed by atoms with Gasteiger partial charge in [0.15, 0.2) is 0 Å². The Balaban J connectivity index is 2.58. The van der Waals surface area contributed by atoms with Crippen LogP contribution >= 0.6 is 0 Å². The van der Waals surface area contributed by atoms with Crippen LogP contribution in [0.4, 0.5) is 39.5 Å². The van der Waals surface area contributed by atoms with Gasteiger partial charge < -0.3 is 4.74 Å². The van der Waals surface area contributed by atoms with E-state index >= 15 is 0 Å². The van der Waals surface area contributed by atoms with Crippen molar-refractivity contribution in [3.8, 4) is 0 Å². The molecule has 12 heteroatoms. The maximum atomic E-state index is 13.6. The van der Waals surface area contributed by atoms with Crippen LogP contribution in [-0.4, -0.2) is 86.7 Å². The van der Waals surface area contributed by atoms with E-state index in [1.54, 1.807) is 0 Å². The monoisotopic (exact) mass is 390 g/mol. The van der Waals surface area contributed by atoms with E-state index in [2.05, 4.69) is 0 Å². The van der Waals surface area contributed by atoms with Gasteiger partial charge in [0.25, 0.3) is 5.92 Å². The van der Waals surface area contributed by atoms with Crippen molar-refractivity contribution in [2.24, 2.45) is 0 Å². The molecule has 1 aliphatic rings. The standard InChI is InChI=1S/C13H19F9N2O/c1-23(2-3-24-4-6-25-7-5-24)9-10(14,15)8-11(16,17)12(18,19)13(20,21)22/h2-9H2,1H3. The molecule has 0 amide bonds. The molecule has 0 spiro atoms. The number of nitrogens with zero attached hydrogens (tertiary/aromatic N) is 2. The molecule has 0 bridgehead atoms. The van der Waals surface area contributed by atoms with Crippen molar-refractivity contribution in [3.05, 3.63) is 0 Å². The predicted octanol–water partition coefficient (Wildman–Crippen LogP) is 3.11. The fraction of sp³-hybridized carbons (Fsp3) is 1.00. The van der Waals surface area contributed by atoms with E-state index < -0.39 is 36.9 Å². The first kappa shape index (κ1) is 22.3. The molecule has 1 heterocycles. The van der Waals surface area contributed by atoms with Crippen LogP contribution in [0.3, 0.4) is 0 Å². The predicted molar refractivity (Wildman–Crippen MR) is 70.3 cm³/mol. The Kier molecular flexibility index (Phi) is 7.01. The molecule has 1 rings (SSSR count). The highest BCUT2D eigenvalue weighted by Gasteiger charge is 2.74. The molecular weight excluding hydrogens is 371 g/mol. The molecule has 3 nitrogen and oxygen atoms in total. The van der Waals surface area contributed by atoms with Crippen LogP contribution in [0, 0.1) is 0 Å². The number of likely N-dealkylation sites (N-methyl/N-ethyl adjacent to an activating group) is 1. The molecule has 0 saturated carbocycles. The summed E-state index contributed by atoms with van der Waals surface area (Å²) in [6.45, 7) is 0.986. The molecule has 0 atom stereocenters. The number of halogens is 9. The van der Waals surface area contributed by atoms with Gasteiger partial charge in [0.05, 0.1) is 26.2 Å². The van der Waals surface area contributed by atoms with Gasteiger partial charge >= 0.3 is 18.0 Å². The third kappa shape index (κ3) is 6.17. The van der Waals surface area contributed by atoms with Gasteiger partial charge in [-0.3, -0.25) is 9.80 Å². The Hall–Kier alpha value is -0.750. The molecule has 0 aliphatic carbocycles. The zero-order chi connectivity index (χ0) is 19.5. The molecule has 0 N–H and O–H groups in total. The summed E-state index contributed by atoms with van der Waals surface area (Å²) in [5.74, 6) is -16.9. The summed E-state index contributed by atoms with van der Waals surface area (Å²) in [4.78, 5) is 2.78. The molecule has 0 aromatic carbocycles. The Labute approximate surface area is 138 Å². The van der Waals surface area contributed by atoms with Gasteiger partial charge in [-0.1, -0.05) is 0 Å². The minimum Gasteiger partial charge on any atom is -0.379 e. The fourth-order valence-corrected chi connectivity index (χ4v) is 2.31. The molecule has 0 radical (unpaired) electrons. The lowest BCUT2D eigenvalue weighted by Crippen LogP contribution is -2.55. The number of ether oxygens (including phenoxy) is 1. The number of hydrogen-bond donors (Lipinski definition) is 0. The van der Waals surface area contributed by atoms with Crippen molar-refractivity contribution in [3.63, 3.8) is 0 Å². The molecule has 1 saturated heterocycles. The van der Waals surface area contributed by atoms with E-state index in [1.165, 1.54) is 0 Å². The lowest BCUT2D eigenvalue weighted by Gasteiger charge is -2.33.